The van der Waals surface area contributed by atoms with E-state index in [-0.39, 0.29) is 49.5 Å². The highest BCUT2D eigenvalue weighted by molar-refractivity contribution is 6.72. The highest BCUT2D eigenvalue weighted by Crippen LogP contribution is 2.60. The smallest absolute Gasteiger partial charge is 0.305 e. The summed E-state index contributed by atoms with van der Waals surface area (Å²) < 4.78 is 34.9. The molecule has 5 atom stereocenters. The molecule has 4 heterocycles. The second-order valence-corrected chi connectivity index (χ2v) is 18.0. The lowest BCUT2D eigenvalue weighted by Crippen LogP contribution is -2.48. The van der Waals surface area contributed by atoms with Crippen molar-refractivity contribution in [3.05, 3.63) is 87.8 Å². The van der Waals surface area contributed by atoms with Crippen molar-refractivity contribution >= 4 is 31.9 Å². The van der Waals surface area contributed by atoms with E-state index >= 15 is 4.11 Å². The van der Waals surface area contributed by atoms with E-state index in [1.807, 2.05) is 31.2 Å². The molecule has 1 fully saturated rings. The number of benzene rings is 2. The van der Waals surface area contributed by atoms with E-state index in [0.29, 0.717) is 42.7 Å². The van der Waals surface area contributed by atoms with Crippen LogP contribution in [0.2, 0.25) is 18.6 Å². The molecule has 13 heteroatoms. The average molecular weight is 720 g/mol. The van der Waals surface area contributed by atoms with Gasteiger partial charge in [-0.2, -0.15) is 0 Å². The van der Waals surface area contributed by atoms with Gasteiger partial charge in [0.2, 0.25) is 14.3 Å². The molecule has 3 aliphatic heterocycles. The molecule has 0 radical (unpaired) electrons. The van der Waals surface area contributed by atoms with Crippen LogP contribution in [0.1, 0.15) is 49.3 Å². The number of amides is 2. The molecule has 2 amide bonds. The second-order valence-electron chi connectivity index (χ2n) is 14.2. The molecular weight excluding hydrogens is 674 g/mol. The highest BCUT2D eigenvalue weighted by atomic mass is 28.4. The zero-order valence-electron chi connectivity index (χ0n) is 29.8. The van der Waals surface area contributed by atoms with Crippen molar-refractivity contribution in [2.45, 2.75) is 82.0 Å². The number of unbranched alkanes of at least 4 members (excludes halogenated alkanes) is 1. The molecule has 1 N–H and O–H groups in total. The molecule has 272 valence electrons. The molecule has 0 bridgehead atoms. The predicted octanol–water partition coefficient (Wildman–Crippen LogP) is 4.65. The molecule has 11 nitrogen and oxygen atoms in total. The van der Waals surface area contributed by atoms with Crippen LogP contribution >= 0.6 is 0 Å². The van der Waals surface area contributed by atoms with Gasteiger partial charge in [-0.1, -0.05) is 31.2 Å². The van der Waals surface area contributed by atoms with Gasteiger partial charge in [0, 0.05) is 48.4 Å². The summed E-state index contributed by atoms with van der Waals surface area (Å²) in [6.07, 6.45) is 2.21. The van der Waals surface area contributed by atoms with Crippen LogP contribution < -0.4 is 15.2 Å². The Hall–Kier alpha value is -4.33. The van der Waals surface area contributed by atoms with E-state index in [1.54, 1.807) is 59.4 Å². The largest absolute Gasteiger partial charge is 0.491 e. The van der Waals surface area contributed by atoms with Gasteiger partial charge in [0.25, 0.3) is 11.5 Å². The summed E-state index contributed by atoms with van der Waals surface area (Å²) in [5.74, 6) is -1.50. The van der Waals surface area contributed by atoms with Crippen LogP contribution in [0.4, 0.5) is 9.80 Å². The van der Waals surface area contributed by atoms with E-state index in [1.165, 1.54) is 18.8 Å². The first-order valence-corrected chi connectivity index (χ1v) is 20.4. The van der Waals surface area contributed by atoms with Crippen LogP contribution in [0.25, 0.3) is 5.69 Å². The summed E-state index contributed by atoms with van der Waals surface area (Å²) in [5.41, 5.74) is 0.856. The third kappa shape index (κ3) is 6.51. The van der Waals surface area contributed by atoms with Gasteiger partial charge in [-0.3, -0.25) is 23.7 Å². The molecule has 0 aliphatic carbocycles. The Bertz CT molecular complexity index is 1880. The average Bonchev–Trinajstić information content (AvgIpc) is 3.54. The van der Waals surface area contributed by atoms with Gasteiger partial charge < -0.3 is 33.2 Å². The highest BCUT2D eigenvalue weighted by Gasteiger charge is 2.67. The van der Waals surface area contributed by atoms with Crippen LogP contribution in [0.15, 0.2) is 65.6 Å². The number of hydrogen-bond acceptors (Lipinski definition) is 8. The molecule has 2 aromatic carbocycles. The maximum atomic E-state index is 16.6. The predicted molar refractivity (Wildman–Crippen MR) is 191 cm³/mol. The van der Waals surface area contributed by atoms with E-state index in [9.17, 15) is 24.3 Å². The van der Waals surface area contributed by atoms with Gasteiger partial charge in [0.1, 0.15) is 0 Å². The van der Waals surface area contributed by atoms with Gasteiger partial charge >= 0.3 is 5.97 Å². The zero-order chi connectivity index (χ0) is 36.7. The van der Waals surface area contributed by atoms with Crippen LogP contribution in [-0.4, -0.2) is 80.3 Å². The van der Waals surface area contributed by atoms with Crippen LogP contribution in [-0.2, 0) is 42.4 Å². The number of fused-ring (bicyclic) bond motifs is 3. The van der Waals surface area contributed by atoms with E-state index in [2.05, 4.69) is 0 Å². The first-order chi connectivity index (χ1) is 24.3. The van der Waals surface area contributed by atoms with E-state index in [0.717, 1.165) is 11.1 Å². The lowest BCUT2D eigenvalue weighted by atomic mass is 9.82. The summed E-state index contributed by atoms with van der Waals surface area (Å²) in [6.45, 7) is 5.35. The van der Waals surface area contributed by atoms with Gasteiger partial charge in [-0.15, -0.1) is 0 Å². The minimum absolute atomic E-state index is 0.145. The minimum Gasteiger partial charge on any atom is -0.491 e. The summed E-state index contributed by atoms with van der Waals surface area (Å²) in [7, 11) is -0.855. The number of aromatic nitrogens is 1. The third-order valence-electron chi connectivity index (χ3n) is 10.9. The second kappa shape index (κ2) is 14.4. The molecule has 1 spiro atoms. The number of carbonyl (C=O) groups is 3. The van der Waals surface area contributed by atoms with Gasteiger partial charge in [0.05, 0.1) is 45.1 Å². The standard InChI is InChI=1S/C38H46FN3O8Si/c1-24-35(51(4,5)39)32(21-33(44)42-22-26-12-7-6-11-25(26)19-28(42)23-43)50-38(24)29-20-27(40-18-10-13-31(48-2)36(40)46)15-16-30(29)41(37(38)47)17-9-8-14-34(45)49-3/h6-7,10-13,15-16,18,20,24,28,32,35,43H,8-9,14,17,19,21-23H2,1-5H3/t24-,28+,32+,35-,38+/m1/s1. The van der Waals surface area contributed by atoms with Crippen molar-refractivity contribution in [2.75, 3.05) is 32.3 Å². The number of esters is 1. The number of anilines is 1. The molecular formula is C38H46FN3O8Si. The molecule has 3 aromatic rings. The summed E-state index contributed by atoms with van der Waals surface area (Å²) >= 11 is 0. The Balaban J connectivity index is 1.39. The topological polar surface area (TPSA) is 128 Å². The molecule has 1 aromatic heterocycles. The fraction of sp³-hybridized carbons (Fsp3) is 0.474. The summed E-state index contributed by atoms with van der Waals surface area (Å²) in [6, 6.07) is 15.9. The number of nitrogens with zero attached hydrogens (tertiary/aromatic N) is 3. The summed E-state index contributed by atoms with van der Waals surface area (Å²) in [4.78, 5) is 57.3. The SMILES string of the molecule is COC(=O)CCCCN1C(=O)[C@@]2(O[C@@H](CC(=O)N3Cc4ccccc4C[C@H]3CO)[C@H]([Si](C)(C)F)[C@H]2C)c2cc(-n3cccc(OC)c3=O)ccc21. The number of halogens is 1. The van der Waals surface area contributed by atoms with Gasteiger partial charge in [-0.25, -0.2) is 0 Å². The molecule has 3 aliphatic rings. The maximum absolute atomic E-state index is 16.6. The Morgan fingerprint density at radius 3 is 2.49 bits per heavy atom. The Labute approximate surface area is 298 Å². The molecule has 0 unspecified atom stereocenters. The number of hydrogen-bond donors (Lipinski definition) is 1. The Kier molecular flexibility index (Phi) is 10.3. The van der Waals surface area contributed by atoms with E-state index in [4.69, 9.17) is 14.2 Å². The van der Waals surface area contributed by atoms with Crippen molar-refractivity contribution in [3.63, 3.8) is 0 Å². The monoisotopic (exact) mass is 719 g/mol. The van der Waals surface area contributed by atoms with Crippen LogP contribution in [0.3, 0.4) is 0 Å². The van der Waals surface area contributed by atoms with Gasteiger partial charge in [0.15, 0.2) is 11.4 Å². The number of carbonyl (C=O) groups excluding carboxylic acids is 3. The van der Waals surface area contributed by atoms with Crippen molar-refractivity contribution in [2.24, 2.45) is 5.92 Å². The normalized spacial score (nSPS) is 24.1. The summed E-state index contributed by atoms with van der Waals surface area (Å²) in [5, 5.41) is 10.3. The lowest BCUT2D eigenvalue weighted by molar-refractivity contribution is -0.151. The van der Waals surface area contributed by atoms with Crippen LogP contribution in [0, 0.1) is 5.92 Å². The zero-order valence-corrected chi connectivity index (χ0v) is 30.8. The van der Waals surface area contributed by atoms with Crippen molar-refractivity contribution in [1.29, 1.82) is 0 Å². The number of aliphatic hydroxyl groups excluding tert-OH is 1. The number of methoxy groups -OCH3 is 2. The first-order valence-electron chi connectivity index (χ1n) is 17.5. The number of aliphatic hydroxyl groups is 1. The fourth-order valence-electron chi connectivity index (χ4n) is 8.41. The van der Waals surface area contributed by atoms with Crippen molar-refractivity contribution in [1.82, 2.24) is 9.47 Å². The molecule has 51 heavy (non-hydrogen) atoms. The third-order valence-corrected chi connectivity index (χ3v) is 13.3. The lowest BCUT2D eigenvalue weighted by Gasteiger charge is -2.37. The van der Waals surface area contributed by atoms with E-state index < -0.39 is 43.2 Å². The van der Waals surface area contributed by atoms with Crippen molar-refractivity contribution in [3.8, 4) is 11.4 Å². The Morgan fingerprint density at radius 1 is 1.06 bits per heavy atom. The number of pyridine rings is 1. The van der Waals surface area contributed by atoms with Gasteiger partial charge in [-0.05, 0) is 73.8 Å². The number of ether oxygens (including phenoxy) is 3. The molecule has 6 rings (SSSR count). The molecule has 0 saturated carbocycles. The molecule has 1 saturated heterocycles. The fourth-order valence-corrected chi connectivity index (χ4v) is 10.9. The van der Waals surface area contributed by atoms with Crippen molar-refractivity contribution < 1.29 is 37.8 Å². The minimum atomic E-state index is -3.60. The Morgan fingerprint density at radius 2 is 1.80 bits per heavy atom. The number of rotatable bonds is 11. The maximum Gasteiger partial charge on any atom is 0.305 e. The van der Waals surface area contributed by atoms with Crippen LogP contribution in [0.5, 0.6) is 5.75 Å². The quantitative estimate of drug-likeness (QED) is 0.131. The first kappa shape index (κ1) is 36.5.